The summed E-state index contributed by atoms with van der Waals surface area (Å²) in [6.45, 7) is 7.87. The third kappa shape index (κ3) is 6.17. The topological polar surface area (TPSA) is 50.6 Å². The first-order chi connectivity index (χ1) is 16.1. The fourth-order valence-electron chi connectivity index (χ4n) is 5.43. The minimum absolute atomic E-state index is 0.0754. The quantitative estimate of drug-likeness (QED) is 0.683. The van der Waals surface area contributed by atoms with Crippen LogP contribution in [0.5, 0.6) is 5.75 Å². The van der Waals surface area contributed by atoms with Gasteiger partial charge in [-0.25, -0.2) is 4.98 Å². The fraction of sp³-hybridized carbons (Fsp3) is 0.630. The number of para-hydroxylation sites is 1. The third-order valence-corrected chi connectivity index (χ3v) is 7.46. The molecule has 0 atom stereocenters. The zero-order valence-electron chi connectivity index (χ0n) is 20.5. The van der Waals surface area contributed by atoms with Gasteiger partial charge in [-0.15, -0.1) is 0 Å². The molecule has 1 aromatic heterocycles. The maximum absolute atomic E-state index is 12.9. The molecule has 33 heavy (non-hydrogen) atoms. The standard InChI is InChI=1S/C27H40N4O2/c1-3-4-15-30-18-19-33-25-11-6-5-9-23(25)10-7-8-12-27(21-30)13-16-31(17-14-27)26(32)24-20-29(2)22-28-24/h5-6,9,11,20,22H,3-4,7-8,10,12-19,21H2,1-2H3. The molecule has 1 amide bonds. The Morgan fingerprint density at radius 2 is 1.94 bits per heavy atom. The van der Waals surface area contributed by atoms with E-state index in [9.17, 15) is 4.79 Å². The number of ether oxygens (including phenoxy) is 1. The third-order valence-electron chi connectivity index (χ3n) is 7.46. The second-order valence-corrected chi connectivity index (χ2v) is 10.0. The highest BCUT2D eigenvalue weighted by Crippen LogP contribution is 2.38. The van der Waals surface area contributed by atoms with E-state index in [0.717, 1.165) is 64.3 Å². The molecule has 2 aliphatic rings. The van der Waals surface area contributed by atoms with E-state index >= 15 is 0 Å². The SMILES string of the molecule is CCCCN1CCOc2ccccc2CCCCC2(CCN(C(=O)c3cn(C)cn3)CC2)C1. The number of piperidine rings is 1. The number of unbranched alkanes of at least 4 members (excludes halogenated alkanes) is 1. The molecule has 0 radical (unpaired) electrons. The zero-order valence-corrected chi connectivity index (χ0v) is 20.5. The van der Waals surface area contributed by atoms with Crippen LogP contribution in [0.15, 0.2) is 36.8 Å². The molecule has 180 valence electrons. The number of carbonyl (C=O) groups excluding carboxylic acids is 1. The first kappa shape index (κ1) is 23.8. The van der Waals surface area contributed by atoms with Crippen LogP contribution in [0.2, 0.25) is 0 Å². The van der Waals surface area contributed by atoms with Crippen molar-refractivity contribution >= 4 is 5.91 Å². The van der Waals surface area contributed by atoms with Crippen LogP contribution in [-0.4, -0.2) is 64.6 Å². The largest absolute Gasteiger partial charge is 0.492 e. The number of hydrogen-bond donors (Lipinski definition) is 0. The summed E-state index contributed by atoms with van der Waals surface area (Å²) in [6, 6.07) is 8.53. The van der Waals surface area contributed by atoms with Crippen LogP contribution >= 0.6 is 0 Å². The van der Waals surface area contributed by atoms with E-state index in [1.807, 2.05) is 22.7 Å². The molecule has 0 aliphatic carbocycles. The van der Waals surface area contributed by atoms with E-state index in [2.05, 4.69) is 41.1 Å². The van der Waals surface area contributed by atoms with Crippen LogP contribution in [0.3, 0.4) is 0 Å². The lowest BCUT2D eigenvalue weighted by atomic mass is 9.73. The molecule has 2 aromatic rings. The predicted octanol–water partition coefficient (Wildman–Crippen LogP) is 4.55. The van der Waals surface area contributed by atoms with Crippen LogP contribution < -0.4 is 4.74 Å². The molecule has 0 bridgehead atoms. The van der Waals surface area contributed by atoms with Crippen molar-refractivity contribution in [3.8, 4) is 5.75 Å². The van der Waals surface area contributed by atoms with Gasteiger partial charge in [0.1, 0.15) is 18.1 Å². The Kier molecular flexibility index (Phi) is 8.07. The number of benzene rings is 1. The molecular formula is C27H40N4O2. The number of nitrogens with zero attached hydrogens (tertiary/aromatic N) is 4. The lowest BCUT2D eigenvalue weighted by molar-refractivity contribution is 0.0371. The van der Waals surface area contributed by atoms with Crippen molar-refractivity contribution in [1.82, 2.24) is 19.4 Å². The molecule has 4 rings (SSSR count). The summed E-state index contributed by atoms with van der Waals surface area (Å²) in [5.74, 6) is 1.14. The minimum Gasteiger partial charge on any atom is -0.492 e. The number of fused-ring (bicyclic) bond motifs is 1. The van der Waals surface area contributed by atoms with Crippen LogP contribution in [0, 0.1) is 5.41 Å². The van der Waals surface area contributed by atoms with Gasteiger partial charge in [0.2, 0.25) is 0 Å². The molecule has 0 N–H and O–H groups in total. The van der Waals surface area contributed by atoms with Crippen molar-refractivity contribution in [1.29, 1.82) is 0 Å². The lowest BCUT2D eigenvalue weighted by Gasteiger charge is -2.45. The van der Waals surface area contributed by atoms with Gasteiger partial charge < -0.3 is 14.2 Å². The van der Waals surface area contributed by atoms with E-state index < -0.39 is 0 Å². The molecule has 3 heterocycles. The van der Waals surface area contributed by atoms with Crippen LogP contribution in [0.4, 0.5) is 0 Å². The van der Waals surface area contributed by atoms with E-state index in [1.165, 1.54) is 37.7 Å². The Hall–Kier alpha value is -2.34. The zero-order chi connectivity index (χ0) is 23.1. The second-order valence-electron chi connectivity index (χ2n) is 10.0. The second kappa shape index (κ2) is 11.2. The molecule has 0 unspecified atom stereocenters. The smallest absolute Gasteiger partial charge is 0.274 e. The fourth-order valence-corrected chi connectivity index (χ4v) is 5.43. The summed E-state index contributed by atoms with van der Waals surface area (Å²) in [5, 5.41) is 0. The van der Waals surface area contributed by atoms with Crippen LogP contribution in [0.1, 0.15) is 67.9 Å². The average molecular weight is 453 g/mol. The molecule has 1 fully saturated rings. The van der Waals surface area contributed by atoms with Crippen molar-refractivity contribution in [3.63, 3.8) is 0 Å². The van der Waals surface area contributed by atoms with Crippen LogP contribution in [0.25, 0.3) is 0 Å². The maximum Gasteiger partial charge on any atom is 0.274 e. The lowest BCUT2D eigenvalue weighted by Crippen LogP contribution is -2.49. The van der Waals surface area contributed by atoms with Gasteiger partial charge in [-0.05, 0) is 62.1 Å². The van der Waals surface area contributed by atoms with Gasteiger partial charge in [-0.3, -0.25) is 9.69 Å². The molecule has 6 heteroatoms. The van der Waals surface area contributed by atoms with Crippen molar-refractivity contribution in [2.75, 3.05) is 39.3 Å². The van der Waals surface area contributed by atoms with Crippen molar-refractivity contribution in [3.05, 3.63) is 48.0 Å². The number of amides is 1. The number of likely N-dealkylation sites (tertiary alicyclic amines) is 1. The van der Waals surface area contributed by atoms with Gasteiger partial charge in [0.15, 0.2) is 0 Å². The molecule has 6 nitrogen and oxygen atoms in total. The minimum atomic E-state index is 0.0754. The molecule has 1 spiro atoms. The molecule has 1 aromatic carbocycles. The van der Waals surface area contributed by atoms with E-state index in [4.69, 9.17) is 4.74 Å². The van der Waals surface area contributed by atoms with Crippen LogP contribution in [-0.2, 0) is 13.5 Å². The van der Waals surface area contributed by atoms with E-state index in [1.54, 1.807) is 6.33 Å². The highest BCUT2D eigenvalue weighted by molar-refractivity contribution is 5.92. The van der Waals surface area contributed by atoms with E-state index in [0.29, 0.717) is 5.69 Å². The first-order valence-corrected chi connectivity index (χ1v) is 12.8. The van der Waals surface area contributed by atoms with Gasteiger partial charge in [0.05, 0.1) is 6.33 Å². The maximum atomic E-state index is 12.9. The summed E-state index contributed by atoms with van der Waals surface area (Å²) in [5.41, 5.74) is 2.18. The Labute approximate surface area is 198 Å². The van der Waals surface area contributed by atoms with Crippen molar-refractivity contribution in [2.45, 2.75) is 58.3 Å². The number of hydrogen-bond acceptors (Lipinski definition) is 4. The van der Waals surface area contributed by atoms with Gasteiger partial charge >= 0.3 is 0 Å². The first-order valence-electron chi connectivity index (χ1n) is 12.8. The van der Waals surface area contributed by atoms with Gasteiger partial charge in [-0.1, -0.05) is 38.0 Å². The number of rotatable bonds is 4. The Morgan fingerprint density at radius 3 is 2.70 bits per heavy atom. The number of carbonyl (C=O) groups is 1. The Morgan fingerprint density at radius 1 is 1.12 bits per heavy atom. The Bertz CT molecular complexity index is 901. The number of imidazole rings is 1. The average Bonchev–Trinajstić information content (AvgIpc) is 3.26. The summed E-state index contributed by atoms with van der Waals surface area (Å²) in [7, 11) is 1.91. The normalized spacial score (nSPS) is 19.9. The number of aryl methyl sites for hydroxylation is 2. The predicted molar refractivity (Wildman–Crippen MR) is 132 cm³/mol. The molecule has 1 saturated heterocycles. The monoisotopic (exact) mass is 452 g/mol. The van der Waals surface area contributed by atoms with E-state index in [-0.39, 0.29) is 11.3 Å². The van der Waals surface area contributed by atoms with Crippen molar-refractivity contribution in [2.24, 2.45) is 12.5 Å². The summed E-state index contributed by atoms with van der Waals surface area (Å²) in [4.78, 5) is 21.9. The van der Waals surface area contributed by atoms with Gasteiger partial charge in [0.25, 0.3) is 5.91 Å². The number of aromatic nitrogens is 2. The summed E-state index contributed by atoms with van der Waals surface area (Å²) >= 11 is 0. The van der Waals surface area contributed by atoms with Crippen molar-refractivity contribution < 1.29 is 9.53 Å². The molecular weight excluding hydrogens is 412 g/mol. The van der Waals surface area contributed by atoms with Gasteiger partial charge in [-0.2, -0.15) is 0 Å². The summed E-state index contributed by atoms with van der Waals surface area (Å²) < 4.78 is 8.09. The van der Waals surface area contributed by atoms with Gasteiger partial charge in [0, 0.05) is 39.4 Å². The highest BCUT2D eigenvalue weighted by atomic mass is 16.5. The Balaban J connectivity index is 1.45. The molecule has 2 aliphatic heterocycles. The summed E-state index contributed by atoms with van der Waals surface area (Å²) in [6.07, 6.45) is 12.8. The highest BCUT2D eigenvalue weighted by Gasteiger charge is 2.37. The molecule has 0 saturated carbocycles.